The van der Waals surface area contributed by atoms with E-state index >= 15 is 0 Å². The fourth-order valence-corrected chi connectivity index (χ4v) is 2.40. The van der Waals surface area contributed by atoms with Crippen LogP contribution in [0.2, 0.25) is 0 Å². The maximum Gasteiger partial charge on any atom is 0.321 e. The standard InChI is InChI=1S/C20H26N2O/c1-15-7-6-8-18(13-15)21-19(23)22(5)14-16-9-11-17(12-10-16)20(2,3)4/h6-13H,14H2,1-5H3,(H,21,23). The summed E-state index contributed by atoms with van der Waals surface area (Å²) in [5.41, 5.74) is 4.52. The Morgan fingerprint density at radius 2 is 1.74 bits per heavy atom. The van der Waals surface area contributed by atoms with E-state index in [-0.39, 0.29) is 11.4 Å². The molecule has 0 atom stereocenters. The topological polar surface area (TPSA) is 32.3 Å². The van der Waals surface area contributed by atoms with Crippen molar-refractivity contribution in [1.82, 2.24) is 4.90 Å². The van der Waals surface area contributed by atoms with E-state index in [0.29, 0.717) is 6.54 Å². The van der Waals surface area contributed by atoms with E-state index in [9.17, 15) is 4.79 Å². The van der Waals surface area contributed by atoms with Gasteiger partial charge in [-0.15, -0.1) is 0 Å². The van der Waals surface area contributed by atoms with Gasteiger partial charge in [-0.1, -0.05) is 57.2 Å². The number of hydrogen-bond donors (Lipinski definition) is 1. The van der Waals surface area contributed by atoms with Gasteiger partial charge in [-0.2, -0.15) is 0 Å². The summed E-state index contributed by atoms with van der Waals surface area (Å²) in [6.07, 6.45) is 0. The lowest BCUT2D eigenvalue weighted by atomic mass is 9.87. The van der Waals surface area contributed by atoms with Crippen LogP contribution in [-0.4, -0.2) is 18.0 Å². The molecule has 0 heterocycles. The second kappa shape index (κ2) is 6.86. The highest BCUT2D eigenvalue weighted by Gasteiger charge is 2.14. The zero-order chi connectivity index (χ0) is 17.0. The summed E-state index contributed by atoms with van der Waals surface area (Å²) in [5, 5.41) is 2.93. The van der Waals surface area contributed by atoms with Crippen molar-refractivity contribution in [2.45, 2.75) is 39.7 Å². The largest absolute Gasteiger partial charge is 0.323 e. The Bertz CT molecular complexity index is 669. The minimum atomic E-state index is -0.101. The van der Waals surface area contributed by atoms with Crippen LogP contribution >= 0.6 is 0 Å². The first-order valence-electron chi connectivity index (χ1n) is 7.94. The Balaban J connectivity index is 1.98. The van der Waals surface area contributed by atoms with Gasteiger partial charge in [-0.25, -0.2) is 4.79 Å². The molecular formula is C20H26N2O. The SMILES string of the molecule is Cc1cccc(NC(=O)N(C)Cc2ccc(C(C)(C)C)cc2)c1. The normalized spacial score (nSPS) is 11.2. The molecule has 2 aromatic rings. The fraction of sp³-hybridized carbons (Fsp3) is 0.350. The Labute approximate surface area is 139 Å². The van der Waals surface area contributed by atoms with E-state index in [2.05, 4.69) is 50.4 Å². The molecule has 0 spiro atoms. The number of benzene rings is 2. The van der Waals surface area contributed by atoms with Crippen molar-refractivity contribution in [3.63, 3.8) is 0 Å². The molecule has 1 N–H and O–H groups in total. The summed E-state index contributed by atoms with van der Waals surface area (Å²) >= 11 is 0. The highest BCUT2D eigenvalue weighted by atomic mass is 16.2. The lowest BCUT2D eigenvalue weighted by Gasteiger charge is -2.21. The number of urea groups is 1. The number of nitrogens with one attached hydrogen (secondary N) is 1. The van der Waals surface area contributed by atoms with Crippen molar-refractivity contribution >= 4 is 11.7 Å². The second-order valence-electron chi connectivity index (χ2n) is 7.10. The smallest absolute Gasteiger partial charge is 0.321 e. The zero-order valence-corrected chi connectivity index (χ0v) is 14.7. The van der Waals surface area contributed by atoms with Crippen LogP contribution in [-0.2, 0) is 12.0 Å². The van der Waals surface area contributed by atoms with Crippen LogP contribution in [0.15, 0.2) is 48.5 Å². The van der Waals surface area contributed by atoms with E-state index in [1.54, 1.807) is 4.90 Å². The van der Waals surface area contributed by atoms with Crippen LogP contribution < -0.4 is 5.32 Å². The molecule has 2 aromatic carbocycles. The van der Waals surface area contributed by atoms with E-state index in [4.69, 9.17) is 0 Å². The number of aryl methyl sites for hydroxylation is 1. The minimum absolute atomic E-state index is 0.101. The summed E-state index contributed by atoms with van der Waals surface area (Å²) < 4.78 is 0. The summed E-state index contributed by atoms with van der Waals surface area (Å²) in [6.45, 7) is 9.19. The highest BCUT2D eigenvalue weighted by Crippen LogP contribution is 2.22. The quantitative estimate of drug-likeness (QED) is 0.854. The fourth-order valence-electron chi connectivity index (χ4n) is 2.40. The minimum Gasteiger partial charge on any atom is -0.323 e. The van der Waals surface area contributed by atoms with Crippen molar-refractivity contribution in [3.8, 4) is 0 Å². The highest BCUT2D eigenvalue weighted by molar-refractivity contribution is 5.89. The molecule has 0 aliphatic carbocycles. The molecule has 2 amide bonds. The second-order valence-corrected chi connectivity index (χ2v) is 7.10. The van der Waals surface area contributed by atoms with Crippen molar-refractivity contribution < 1.29 is 4.79 Å². The molecule has 122 valence electrons. The molecule has 0 unspecified atom stereocenters. The summed E-state index contributed by atoms with van der Waals surface area (Å²) in [7, 11) is 1.81. The average Bonchev–Trinajstić information content (AvgIpc) is 2.46. The van der Waals surface area contributed by atoms with Crippen molar-refractivity contribution in [2.24, 2.45) is 0 Å². The number of carbonyl (C=O) groups excluding carboxylic acids is 1. The maximum atomic E-state index is 12.3. The molecule has 0 saturated carbocycles. The van der Waals surface area contributed by atoms with E-state index in [1.807, 2.05) is 38.2 Å². The van der Waals surface area contributed by atoms with Gasteiger partial charge in [-0.05, 0) is 41.2 Å². The monoisotopic (exact) mass is 310 g/mol. The van der Waals surface area contributed by atoms with Crippen molar-refractivity contribution in [2.75, 3.05) is 12.4 Å². The third-order valence-electron chi connectivity index (χ3n) is 3.86. The number of anilines is 1. The maximum absolute atomic E-state index is 12.3. The molecule has 0 aliphatic heterocycles. The summed E-state index contributed by atoms with van der Waals surface area (Å²) in [4.78, 5) is 14.0. The van der Waals surface area contributed by atoms with E-state index < -0.39 is 0 Å². The molecular weight excluding hydrogens is 284 g/mol. The summed E-state index contributed by atoms with van der Waals surface area (Å²) in [5.74, 6) is 0. The summed E-state index contributed by atoms with van der Waals surface area (Å²) in [6, 6.07) is 16.2. The number of hydrogen-bond acceptors (Lipinski definition) is 1. The van der Waals surface area contributed by atoms with Crippen LogP contribution in [0.5, 0.6) is 0 Å². The lowest BCUT2D eigenvalue weighted by Crippen LogP contribution is -2.30. The Kier molecular flexibility index (Phi) is 5.09. The molecule has 0 fully saturated rings. The molecule has 0 saturated heterocycles. The predicted molar refractivity (Wildman–Crippen MR) is 96.8 cm³/mol. The van der Waals surface area contributed by atoms with Crippen LogP contribution in [0.3, 0.4) is 0 Å². The predicted octanol–water partition coefficient (Wildman–Crippen LogP) is 4.96. The molecule has 0 bridgehead atoms. The van der Waals surface area contributed by atoms with Gasteiger partial charge < -0.3 is 10.2 Å². The molecule has 0 aromatic heterocycles. The first-order chi connectivity index (χ1) is 10.8. The Morgan fingerprint density at radius 3 is 2.30 bits per heavy atom. The lowest BCUT2D eigenvalue weighted by molar-refractivity contribution is 0.220. The van der Waals surface area contributed by atoms with Gasteiger partial charge in [0.15, 0.2) is 0 Å². The Hall–Kier alpha value is -2.29. The molecule has 3 heteroatoms. The average molecular weight is 310 g/mol. The first kappa shape index (κ1) is 17.1. The van der Waals surface area contributed by atoms with E-state index in [1.165, 1.54) is 5.56 Å². The number of nitrogens with zero attached hydrogens (tertiary/aromatic N) is 1. The van der Waals surface area contributed by atoms with Crippen LogP contribution in [0.1, 0.15) is 37.5 Å². The molecule has 3 nitrogen and oxygen atoms in total. The first-order valence-corrected chi connectivity index (χ1v) is 7.94. The molecule has 2 rings (SSSR count). The number of carbonyl (C=O) groups is 1. The van der Waals surface area contributed by atoms with Gasteiger partial charge in [0.25, 0.3) is 0 Å². The van der Waals surface area contributed by atoms with Crippen LogP contribution in [0, 0.1) is 6.92 Å². The molecule has 0 aliphatic rings. The number of rotatable bonds is 3. The molecule has 23 heavy (non-hydrogen) atoms. The van der Waals surface area contributed by atoms with Gasteiger partial charge in [0.05, 0.1) is 0 Å². The third-order valence-corrected chi connectivity index (χ3v) is 3.86. The Morgan fingerprint density at radius 1 is 1.09 bits per heavy atom. The van der Waals surface area contributed by atoms with Crippen LogP contribution in [0.25, 0.3) is 0 Å². The number of amides is 2. The third kappa shape index (κ3) is 4.85. The van der Waals surface area contributed by atoms with Crippen molar-refractivity contribution in [3.05, 3.63) is 65.2 Å². The van der Waals surface area contributed by atoms with Gasteiger partial charge in [0.2, 0.25) is 0 Å². The van der Waals surface area contributed by atoms with E-state index in [0.717, 1.165) is 16.8 Å². The van der Waals surface area contributed by atoms with Crippen molar-refractivity contribution in [1.29, 1.82) is 0 Å². The van der Waals surface area contributed by atoms with Gasteiger partial charge in [0, 0.05) is 19.3 Å². The van der Waals surface area contributed by atoms with Gasteiger partial charge >= 0.3 is 6.03 Å². The van der Waals surface area contributed by atoms with Gasteiger partial charge in [-0.3, -0.25) is 0 Å². The zero-order valence-electron chi connectivity index (χ0n) is 14.7. The van der Waals surface area contributed by atoms with Gasteiger partial charge in [0.1, 0.15) is 0 Å². The molecule has 0 radical (unpaired) electrons. The van der Waals surface area contributed by atoms with Crippen LogP contribution in [0.4, 0.5) is 10.5 Å².